The molecule has 0 saturated heterocycles. The largest absolute Gasteiger partial charge is 0.471 e. The number of fused-ring (bicyclic) bond motifs is 1. The number of halogens is 1. The van der Waals surface area contributed by atoms with E-state index in [1.54, 1.807) is 6.07 Å². The van der Waals surface area contributed by atoms with Crippen LogP contribution >= 0.6 is 11.6 Å². The molecule has 1 aromatic carbocycles. The highest BCUT2D eigenvalue weighted by molar-refractivity contribution is 6.30. The van der Waals surface area contributed by atoms with E-state index in [1.165, 1.54) is 0 Å². The minimum atomic E-state index is 0.344. The second-order valence-electron chi connectivity index (χ2n) is 3.73. The second-order valence-corrected chi connectivity index (χ2v) is 4.12. The molecule has 0 amide bonds. The molecule has 6 heteroatoms. The van der Waals surface area contributed by atoms with Crippen molar-refractivity contribution in [1.29, 1.82) is 0 Å². The summed E-state index contributed by atoms with van der Waals surface area (Å²) >= 11 is 5.90. The van der Waals surface area contributed by atoms with Crippen LogP contribution in [0.2, 0.25) is 5.15 Å². The number of aromatic nitrogens is 4. The van der Waals surface area contributed by atoms with E-state index in [4.69, 9.17) is 16.3 Å². The number of hydrogen-bond acceptors (Lipinski definition) is 4. The summed E-state index contributed by atoms with van der Waals surface area (Å²) in [5.41, 5.74) is 2.34. The van der Waals surface area contributed by atoms with E-state index in [-0.39, 0.29) is 0 Å². The Morgan fingerprint density at radius 1 is 1.22 bits per heavy atom. The molecular weight excluding hydrogens is 252 g/mol. The van der Waals surface area contributed by atoms with Crippen molar-refractivity contribution in [2.24, 2.45) is 0 Å². The van der Waals surface area contributed by atoms with Crippen LogP contribution in [0.1, 0.15) is 5.56 Å². The van der Waals surface area contributed by atoms with Gasteiger partial charge in [-0.25, -0.2) is 0 Å². The van der Waals surface area contributed by atoms with Crippen LogP contribution in [0.5, 0.6) is 5.88 Å². The Kier molecular flexibility index (Phi) is 2.82. The maximum Gasteiger partial charge on any atom is 0.246 e. The first-order valence-electron chi connectivity index (χ1n) is 5.37. The molecule has 0 spiro atoms. The van der Waals surface area contributed by atoms with Crippen LogP contribution in [-0.4, -0.2) is 20.4 Å². The molecule has 0 bridgehead atoms. The van der Waals surface area contributed by atoms with Crippen LogP contribution in [0.4, 0.5) is 0 Å². The van der Waals surface area contributed by atoms with Crippen LogP contribution in [-0.2, 0) is 6.61 Å². The van der Waals surface area contributed by atoms with Crippen molar-refractivity contribution in [3.05, 3.63) is 47.1 Å². The summed E-state index contributed by atoms with van der Waals surface area (Å²) in [5.74, 6) is 0.384. The Balaban J connectivity index is 1.88. The molecule has 5 nitrogen and oxygen atoms in total. The number of ether oxygens (including phenoxy) is 1. The fourth-order valence-electron chi connectivity index (χ4n) is 1.62. The number of hydrogen-bond donors (Lipinski definition) is 1. The van der Waals surface area contributed by atoms with Crippen molar-refractivity contribution in [3.63, 3.8) is 0 Å². The van der Waals surface area contributed by atoms with E-state index in [0.717, 1.165) is 5.56 Å². The van der Waals surface area contributed by atoms with Crippen LogP contribution < -0.4 is 4.74 Å². The van der Waals surface area contributed by atoms with Gasteiger partial charge in [0.1, 0.15) is 11.8 Å². The molecule has 18 heavy (non-hydrogen) atoms. The topological polar surface area (TPSA) is 63.7 Å². The smallest absolute Gasteiger partial charge is 0.246 e. The lowest BCUT2D eigenvalue weighted by molar-refractivity contribution is 0.297. The molecule has 90 valence electrons. The summed E-state index contributed by atoms with van der Waals surface area (Å²) in [7, 11) is 0. The maximum atomic E-state index is 5.90. The molecule has 1 N–H and O–H groups in total. The molecule has 0 unspecified atom stereocenters. The lowest BCUT2D eigenvalue weighted by Gasteiger charge is -2.05. The van der Waals surface area contributed by atoms with Gasteiger partial charge in [-0.15, -0.1) is 5.10 Å². The van der Waals surface area contributed by atoms with Crippen molar-refractivity contribution in [1.82, 2.24) is 20.4 Å². The molecule has 0 aliphatic rings. The van der Waals surface area contributed by atoms with Gasteiger partial charge in [0.25, 0.3) is 0 Å². The van der Waals surface area contributed by atoms with Crippen molar-refractivity contribution in [2.45, 2.75) is 6.61 Å². The van der Waals surface area contributed by atoms with Gasteiger partial charge in [-0.2, -0.15) is 4.98 Å². The number of nitrogens with zero attached hydrogens (tertiary/aromatic N) is 3. The summed E-state index contributed by atoms with van der Waals surface area (Å²) in [5, 5.41) is 10.7. The van der Waals surface area contributed by atoms with Gasteiger partial charge >= 0.3 is 0 Å². The Morgan fingerprint density at radius 2 is 2.06 bits per heavy atom. The number of nitrogens with one attached hydrogen (secondary N) is 1. The number of rotatable bonds is 3. The zero-order valence-electron chi connectivity index (χ0n) is 9.30. The average molecular weight is 261 g/mol. The Morgan fingerprint density at radius 3 is 2.89 bits per heavy atom. The van der Waals surface area contributed by atoms with E-state index in [0.29, 0.717) is 28.7 Å². The van der Waals surface area contributed by atoms with Crippen molar-refractivity contribution in [3.8, 4) is 5.88 Å². The quantitative estimate of drug-likeness (QED) is 0.735. The number of pyridine rings is 1. The SMILES string of the molecule is Clc1cc2[nH]nnc2c(OCc2ccccc2)n1. The Labute approximate surface area is 108 Å². The van der Waals surface area contributed by atoms with Crippen LogP contribution in [0.15, 0.2) is 36.4 Å². The lowest BCUT2D eigenvalue weighted by atomic mass is 10.2. The molecule has 2 heterocycles. The van der Waals surface area contributed by atoms with Crippen molar-refractivity contribution in [2.75, 3.05) is 0 Å². The van der Waals surface area contributed by atoms with Crippen molar-refractivity contribution < 1.29 is 4.74 Å². The summed E-state index contributed by atoms with van der Waals surface area (Å²) in [4.78, 5) is 4.11. The third-order valence-corrected chi connectivity index (χ3v) is 2.66. The van der Waals surface area contributed by atoms with Gasteiger partial charge in [-0.05, 0) is 5.56 Å². The highest BCUT2D eigenvalue weighted by atomic mass is 35.5. The molecule has 3 rings (SSSR count). The first kappa shape index (κ1) is 11.0. The van der Waals surface area contributed by atoms with Gasteiger partial charge in [-0.1, -0.05) is 47.1 Å². The summed E-state index contributed by atoms with van der Waals surface area (Å²) in [6, 6.07) is 11.5. The van der Waals surface area contributed by atoms with Gasteiger partial charge in [0, 0.05) is 6.07 Å². The van der Waals surface area contributed by atoms with Crippen LogP contribution in [0.3, 0.4) is 0 Å². The Hall–Kier alpha value is -2.14. The highest BCUT2D eigenvalue weighted by Gasteiger charge is 2.09. The third-order valence-electron chi connectivity index (χ3n) is 2.47. The van der Waals surface area contributed by atoms with Crippen LogP contribution in [0, 0.1) is 0 Å². The summed E-state index contributed by atoms with van der Waals surface area (Å²) < 4.78 is 5.63. The van der Waals surface area contributed by atoms with Gasteiger partial charge in [0.2, 0.25) is 5.88 Å². The molecular formula is C12H9ClN4O. The molecule has 0 aliphatic heterocycles. The lowest BCUT2D eigenvalue weighted by Crippen LogP contribution is -1.98. The number of H-pyrrole nitrogens is 1. The first-order valence-corrected chi connectivity index (χ1v) is 5.75. The van der Waals surface area contributed by atoms with E-state index >= 15 is 0 Å². The zero-order chi connectivity index (χ0) is 12.4. The molecule has 0 saturated carbocycles. The minimum absolute atomic E-state index is 0.344. The average Bonchev–Trinajstić information content (AvgIpc) is 2.85. The first-order chi connectivity index (χ1) is 8.83. The van der Waals surface area contributed by atoms with Gasteiger partial charge in [0.05, 0.1) is 5.52 Å². The fraction of sp³-hybridized carbons (Fsp3) is 0.0833. The molecule has 3 aromatic rings. The second kappa shape index (κ2) is 4.62. The molecule has 0 aliphatic carbocycles. The number of benzene rings is 1. The third kappa shape index (κ3) is 2.12. The normalized spacial score (nSPS) is 10.7. The fourth-order valence-corrected chi connectivity index (χ4v) is 1.81. The van der Waals surface area contributed by atoms with E-state index in [1.807, 2.05) is 30.3 Å². The van der Waals surface area contributed by atoms with Gasteiger partial charge in [0.15, 0.2) is 5.52 Å². The van der Waals surface area contributed by atoms with Gasteiger partial charge in [-0.3, -0.25) is 5.10 Å². The predicted octanol–water partition coefficient (Wildman–Crippen LogP) is 2.59. The Bertz CT molecular complexity index is 668. The molecule has 0 radical (unpaired) electrons. The standard InChI is InChI=1S/C12H9ClN4O/c13-10-6-9-11(16-17-15-9)12(14-10)18-7-8-4-2-1-3-5-8/h1-6H,7H2,(H,15,16,17). The predicted molar refractivity (Wildman–Crippen MR) is 67.5 cm³/mol. The monoisotopic (exact) mass is 260 g/mol. The molecule has 0 fully saturated rings. The van der Waals surface area contributed by atoms with E-state index < -0.39 is 0 Å². The van der Waals surface area contributed by atoms with Crippen LogP contribution in [0.25, 0.3) is 11.0 Å². The van der Waals surface area contributed by atoms with Crippen molar-refractivity contribution >= 4 is 22.6 Å². The highest BCUT2D eigenvalue weighted by Crippen LogP contribution is 2.23. The van der Waals surface area contributed by atoms with E-state index in [2.05, 4.69) is 20.4 Å². The minimum Gasteiger partial charge on any atom is -0.471 e. The van der Waals surface area contributed by atoms with Gasteiger partial charge < -0.3 is 4.74 Å². The summed E-state index contributed by atoms with van der Waals surface area (Å²) in [6.07, 6.45) is 0. The molecule has 0 atom stereocenters. The molecule has 2 aromatic heterocycles. The zero-order valence-corrected chi connectivity index (χ0v) is 10.1. The maximum absolute atomic E-state index is 5.90. The van der Waals surface area contributed by atoms with E-state index in [9.17, 15) is 0 Å². The number of aromatic amines is 1. The summed E-state index contributed by atoms with van der Waals surface area (Å²) in [6.45, 7) is 0.413.